The molecule has 26 heavy (non-hydrogen) atoms. The van der Waals surface area contributed by atoms with Crippen molar-refractivity contribution in [1.82, 2.24) is 0 Å². The van der Waals surface area contributed by atoms with E-state index in [4.69, 9.17) is 4.74 Å². The first kappa shape index (κ1) is 17.9. The van der Waals surface area contributed by atoms with Crippen molar-refractivity contribution in [2.24, 2.45) is 0 Å². The van der Waals surface area contributed by atoms with E-state index in [0.29, 0.717) is 6.54 Å². The third-order valence-electron chi connectivity index (χ3n) is 4.32. The number of para-hydroxylation sites is 1. The Balaban J connectivity index is 1.65. The smallest absolute Gasteiger partial charge is 0.331 e. The lowest BCUT2D eigenvalue weighted by Crippen LogP contribution is -2.42. The van der Waals surface area contributed by atoms with Gasteiger partial charge in [0, 0.05) is 23.9 Å². The topological polar surface area (TPSA) is 46.6 Å². The normalized spacial score (nSPS) is 14.8. The Labute approximate surface area is 151 Å². The Morgan fingerprint density at radius 2 is 1.88 bits per heavy atom. The average Bonchev–Trinajstić information content (AvgIpc) is 2.66. The molecule has 0 unspecified atom stereocenters. The first-order valence-electron chi connectivity index (χ1n) is 8.59. The maximum atomic E-state index is 13.6. The van der Waals surface area contributed by atoms with Crippen molar-refractivity contribution in [3.05, 3.63) is 71.6 Å². The number of amides is 1. The molecule has 0 radical (unpaired) electrons. The predicted octanol–water partition coefficient (Wildman–Crippen LogP) is 3.75. The summed E-state index contributed by atoms with van der Waals surface area (Å²) in [5, 5.41) is 0. The summed E-state index contributed by atoms with van der Waals surface area (Å²) in [6.07, 6.45) is 3.35. The van der Waals surface area contributed by atoms with E-state index in [1.165, 1.54) is 12.1 Å². The number of halogens is 1. The van der Waals surface area contributed by atoms with Crippen LogP contribution in [0.2, 0.25) is 0 Å². The molecule has 0 aromatic heterocycles. The number of fused-ring (bicyclic) bond motifs is 1. The number of rotatable bonds is 4. The van der Waals surface area contributed by atoms with Gasteiger partial charge in [-0.1, -0.05) is 36.4 Å². The van der Waals surface area contributed by atoms with Gasteiger partial charge in [0.15, 0.2) is 6.10 Å². The van der Waals surface area contributed by atoms with Gasteiger partial charge in [-0.3, -0.25) is 4.79 Å². The summed E-state index contributed by atoms with van der Waals surface area (Å²) in [6.45, 7) is 2.15. The number of anilines is 1. The minimum absolute atomic E-state index is 0.259. The standard InChI is InChI=1S/C21H20FNO3/c1-15(26-20(24)13-12-16-7-2-4-10-18(16)22)21(25)23-14-6-9-17-8-3-5-11-19(17)23/h2-5,7-8,10-13,15H,6,9,14H2,1H3/b13-12+/t15-/m1/s1. The van der Waals surface area contributed by atoms with Crippen molar-refractivity contribution in [1.29, 1.82) is 0 Å². The molecule has 1 amide bonds. The molecule has 2 aromatic carbocycles. The minimum atomic E-state index is -0.918. The van der Waals surface area contributed by atoms with E-state index in [-0.39, 0.29) is 11.5 Å². The molecule has 0 saturated carbocycles. The molecule has 1 atom stereocenters. The molecule has 1 aliphatic heterocycles. The lowest BCUT2D eigenvalue weighted by Gasteiger charge is -2.31. The predicted molar refractivity (Wildman–Crippen MR) is 98.1 cm³/mol. The van der Waals surface area contributed by atoms with E-state index in [1.54, 1.807) is 30.0 Å². The highest BCUT2D eigenvalue weighted by atomic mass is 19.1. The maximum Gasteiger partial charge on any atom is 0.331 e. The van der Waals surface area contributed by atoms with Crippen LogP contribution in [0.5, 0.6) is 0 Å². The van der Waals surface area contributed by atoms with Crippen molar-refractivity contribution in [2.45, 2.75) is 25.9 Å². The first-order chi connectivity index (χ1) is 12.6. The third-order valence-corrected chi connectivity index (χ3v) is 4.32. The van der Waals surface area contributed by atoms with Crippen molar-refractivity contribution >= 4 is 23.6 Å². The number of carbonyl (C=O) groups excluding carboxylic acids is 2. The van der Waals surface area contributed by atoms with Crippen LogP contribution in [0.4, 0.5) is 10.1 Å². The SMILES string of the molecule is C[C@@H](OC(=O)/C=C/c1ccccc1F)C(=O)N1CCCc2ccccc21. The molecule has 1 heterocycles. The van der Waals surface area contributed by atoms with Crippen molar-refractivity contribution in [3.63, 3.8) is 0 Å². The lowest BCUT2D eigenvalue weighted by molar-refractivity contribution is -0.149. The lowest BCUT2D eigenvalue weighted by atomic mass is 10.0. The monoisotopic (exact) mass is 353 g/mol. The van der Waals surface area contributed by atoms with Crippen LogP contribution < -0.4 is 4.90 Å². The molecule has 0 aliphatic carbocycles. The first-order valence-corrected chi connectivity index (χ1v) is 8.59. The number of esters is 1. The number of nitrogens with zero attached hydrogens (tertiary/aromatic N) is 1. The molecule has 0 N–H and O–H groups in total. The fourth-order valence-electron chi connectivity index (χ4n) is 3.01. The molecule has 0 saturated heterocycles. The minimum Gasteiger partial charge on any atom is -0.449 e. The highest BCUT2D eigenvalue weighted by Gasteiger charge is 2.27. The Hall–Kier alpha value is -2.95. The van der Waals surface area contributed by atoms with Crippen molar-refractivity contribution in [3.8, 4) is 0 Å². The van der Waals surface area contributed by atoms with E-state index in [1.807, 2.05) is 24.3 Å². The number of benzene rings is 2. The molecule has 134 valence electrons. The zero-order valence-corrected chi connectivity index (χ0v) is 14.5. The highest BCUT2D eigenvalue weighted by molar-refractivity contribution is 5.99. The zero-order chi connectivity index (χ0) is 18.5. The maximum absolute atomic E-state index is 13.6. The molecule has 1 aliphatic rings. The number of ether oxygens (including phenoxy) is 1. The summed E-state index contributed by atoms with van der Waals surface area (Å²) < 4.78 is 18.8. The summed E-state index contributed by atoms with van der Waals surface area (Å²) in [6, 6.07) is 13.9. The molecule has 5 heteroatoms. The number of aryl methyl sites for hydroxylation is 1. The second-order valence-corrected chi connectivity index (χ2v) is 6.16. The van der Waals surface area contributed by atoms with E-state index < -0.39 is 17.9 Å². The quantitative estimate of drug-likeness (QED) is 0.621. The van der Waals surface area contributed by atoms with Crippen LogP contribution >= 0.6 is 0 Å². The zero-order valence-electron chi connectivity index (χ0n) is 14.5. The van der Waals surface area contributed by atoms with Gasteiger partial charge < -0.3 is 9.64 Å². The van der Waals surface area contributed by atoms with Gasteiger partial charge in [-0.05, 0) is 43.5 Å². The number of carbonyl (C=O) groups is 2. The molecule has 0 fully saturated rings. The van der Waals surface area contributed by atoms with Gasteiger partial charge in [0.05, 0.1) is 0 Å². The Bertz CT molecular complexity index is 847. The van der Waals surface area contributed by atoms with Crippen molar-refractivity contribution < 1.29 is 18.7 Å². The molecule has 2 aromatic rings. The van der Waals surface area contributed by atoms with Gasteiger partial charge in [-0.2, -0.15) is 0 Å². The summed E-state index contributed by atoms with van der Waals surface area (Å²) in [7, 11) is 0. The van der Waals surface area contributed by atoms with Gasteiger partial charge in [0.25, 0.3) is 5.91 Å². The Kier molecular flexibility index (Phi) is 5.46. The fourth-order valence-corrected chi connectivity index (χ4v) is 3.01. The molecule has 0 spiro atoms. The van der Waals surface area contributed by atoms with Gasteiger partial charge in [-0.25, -0.2) is 9.18 Å². The molecule has 3 rings (SSSR count). The van der Waals surface area contributed by atoms with E-state index in [2.05, 4.69) is 0 Å². The summed E-state index contributed by atoms with van der Waals surface area (Å²) in [4.78, 5) is 26.3. The Morgan fingerprint density at radius 3 is 2.69 bits per heavy atom. The second kappa shape index (κ2) is 7.95. The van der Waals surface area contributed by atoms with E-state index in [0.717, 1.165) is 30.2 Å². The third kappa shape index (κ3) is 3.99. The van der Waals surface area contributed by atoms with Crippen LogP contribution in [0.15, 0.2) is 54.6 Å². The average molecular weight is 353 g/mol. The van der Waals surface area contributed by atoms with Crippen LogP contribution in [0.25, 0.3) is 6.08 Å². The second-order valence-electron chi connectivity index (χ2n) is 6.16. The molecule has 4 nitrogen and oxygen atoms in total. The Morgan fingerprint density at radius 1 is 1.15 bits per heavy atom. The molecule has 0 bridgehead atoms. The van der Waals surface area contributed by atoms with Gasteiger partial charge in [-0.15, -0.1) is 0 Å². The van der Waals surface area contributed by atoms with Gasteiger partial charge >= 0.3 is 5.97 Å². The highest BCUT2D eigenvalue weighted by Crippen LogP contribution is 2.27. The van der Waals surface area contributed by atoms with Crippen LogP contribution in [-0.2, 0) is 20.7 Å². The van der Waals surface area contributed by atoms with E-state index in [9.17, 15) is 14.0 Å². The van der Waals surface area contributed by atoms with Crippen LogP contribution in [0, 0.1) is 5.82 Å². The summed E-state index contributed by atoms with van der Waals surface area (Å²) in [5.74, 6) is -1.37. The van der Waals surface area contributed by atoms with Crippen molar-refractivity contribution in [2.75, 3.05) is 11.4 Å². The van der Waals surface area contributed by atoms with E-state index >= 15 is 0 Å². The summed E-state index contributed by atoms with van der Waals surface area (Å²) in [5.41, 5.74) is 2.27. The van der Waals surface area contributed by atoms with Crippen LogP contribution in [0.1, 0.15) is 24.5 Å². The van der Waals surface area contributed by atoms with Gasteiger partial charge in [0.1, 0.15) is 5.82 Å². The van der Waals surface area contributed by atoms with Gasteiger partial charge in [0.2, 0.25) is 0 Å². The fraction of sp³-hybridized carbons (Fsp3) is 0.238. The van der Waals surface area contributed by atoms with Crippen LogP contribution in [-0.4, -0.2) is 24.5 Å². The molecular weight excluding hydrogens is 333 g/mol. The molecular formula is C21H20FNO3. The number of hydrogen-bond donors (Lipinski definition) is 0. The summed E-state index contributed by atoms with van der Waals surface area (Å²) >= 11 is 0. The largest absolute Gasteiger partial charge is 0.449 e. The number of hydrogen-bond acceptors (Lipinski definition) is 3. The van der Waals surface area contributed by atoms with Crippen LogP contribution in [0.3, 0.4) is 0 Å².